The Balaban J connectivity index is 1.86. The summed E-state index contributed by atoms with van der Waals surface area (Å²) in [5, 5.41) is 0.778. The summed E-state index contributed by atoms with van der Waals surface area (Å²) >= 11 is 2.00. The molecular formula is C42H47ClZr. The zero-order chi connectivity index (χ0) is 31.8. The van der Waals surface area contributed by atoms with Crippen LogP contribution < -0.4 is 9.81 Å². The van der Waals surface area contributed by atoms with Gasteiger partial charge in [-0.1, -0.05) is 0 Å². The van der Waals surface area contributed by atoms with Crippen LogP contribution in [0.3, 0.4) is 0 Å². The van der Waals surface area contributed by atoms with Crippen molar-refractivity contribution in [2.75, 3.05) is 0 Å². The van der Waals surface area contributed by atoms with Gasteiger partial charge in [0.25, 0.3) is 0 Å². The van der Waals surface area contributed by atoms with E-state index >= 15 is 0 Å². The van der Waals surface area contributed by atoms with E-state index in [0.29, 0.717) is 0 Å². The predicted octanol–water partition coefficient (Wildman–Crippen LogP) is 9.67. The molecule has 0 heterocycles. The molecule has 44 heavy (non-hydrogen) atoms. The van der Waals surface area contributed by atoms with Crippen LogP contribution in [0.5, 0.6) is 0 Å². The van der Waals surface area contributed by atoms with Crippen LogP contribution >= 0.6 is 11.6 Å². The number of benzene rings is 4. The Morgan fingerprint density at radius 1 is 0.750 bits per heavy atom. The summed E-state index contributed by atoms with van der Waals surface area (Å²) < 4.78 is 11.4. The van der Waals surface area contributed by atoms with Crippen molar-refractivity contribution in [2.24, 2.45) is 0 Å². The van der Waals surface area contributed by atoms with Crippen molar-refractivity contribution in [3.05, 3.63) is 132 Å². The van der Waals surface area contributed by atoms with Gasteiger partial charge >= 0.3 is 273 Å². The minimum atomic E-state index is -4.90. The molecule has 0 amide bonds. The molecule has 0 nitrogen and oxygen atoms in total. The Bertz CT molecular complexity index is 1950. The summed E-state index contributed by atoms with van der Waals surface area (Å²) in [5.74, 6) is 0. The van der Waals surface area contributed by atoms with Crippen molar-refractivity contribution in [3.63, 3.8) is 0 Å². The van der Waals surface area contributed by atoms with Crippen molar-refractivity contribution in [3.8, 4) is 11.1 Å². The van der Waals surface area contributed by atoms with Crippen LogP contribution in [0.2, 0.25) is 5.02 Å². The van der Waals surface area contributed by atoms with Crippen molar-refractivity contribution >= 4 is 25.6 Å². The molecule has 0 bridgehead atoms. The van der Waals surface area contributed by atoms with Crippen molar-refractivity contribution in [1.29, 1.82) is 0 Å². The van der Waals surface area contributed by atoms with E-state index in [1.807, 2.05) is 6.07 Å². The number of hydrogen-bond donors (Lipinski definition) is 0. The molecule has 0 atom stereocenters. The van der Waals surface area contributed by atoms with Gasteiger partial charge in [-0.3, -0.25) is 0 Å². The molecule has 4 aromatic rings. The van der Waals surface area contributed by atoms with Crippen LogP contribution in [0.15, 0.2) is 88.2 Å². The van der Waals surface area contributed by atoms with Gasteiger partial charge in [-0.25, -0.2) is 0 Å². The zero-order valence-corrected chi connectivity index (χ0v) is 31.3. The SMILES string of the molecule is [CH2]=[Zr]([C]1=CC=CC1)([c]1ccc(C)cc1)([c]1cccc(Cl)c1)[c]1c(C)c(C(C)(C)C)cc2c1Cc1cc(C)c(C(C)(C)C)cc1-2. The predicted molar refractivity (Wildman–Crippen MR) is 192 cm³/mol. The van der Waals surface area contributed by atoms with Gasteiger partial charge in [-0.15, -0.1) is 0 Å². The number of halogens is 1. The zero-order valence-electron chi connectivity index (χ0n) is 28.1. The van der Waals surface area contributed by atoms with Gasteiger partial charge in [-0.05, 0) is 0 Å². The normalized spacial score (nSPS) is 14.9. The van der Waals surface area contributed by atoms with Crippen LogP contribution in [0.4, 0.5) is 0 Å². The van der Waals surface area contributed by atoms with Crippen LogP contribution in [0, 0.1) is 20.8 Å². The molecule has 2 heteroatoms. The van der Waals surface area contributed by atoms with Crippen molar-refractivity contribution in [2.45, 2.75) is 86.0 Å². The minimum absolute atomic E-state index is 0.0357. The van der Waals surface area contributed by atoms with Gasteiger partial charge in [0, 0.05) is 0 Å². The fourth-order valence-electron chi connectivity index (χ4n) is 8.54. The van der Waals surface area contributed by atoms with Gasteiger partial charge in [0.1, 0.15) is 0 Å². The Morgan fingerprint density at radius 2 is 1.41 bits per heavy atom. The first-order valence-corrected chi connectivity index (χ1v) is 23.1. The first-order chi connectivity index (χ1) is 20.5. The van der Waals surface area contributed by atoms with E-state index < -0.39 is 18.3 Å². The number of rotatable bonds is 4. The molecule has 0 saturated carbocycles. The Labute approximate surface area is 271 Å². The standard InChI is InChI=1S/C23H29.C7H7.C6H4Cl.C5H5.CH2.Zr/c1-14-9-16-11-17-10-15(2)21(23(6,7)8)13-19(17)18(16)12-20(14)22(3,4)5;1-7-5-3-2-4-6-7;7-6-4-2-1-3-5-6;1-2-4-5-3-1;;/h9,12-13H,11H2,1-8H3;3-6H,1H3;1-2,4-5H;1-3H,4H2;1H2;. The van der Waals surface area contributed by atoms with Gasteiger partial charge in [0.2, 0.25) is 0 Å². The van der Waals surface area contributed by atoms with E-state index in [1.165, 1.54) is 63.2 Å². The molecular weight excluding hydrogens is 631 g/mol. The fourth-order valence-corrected chi connectivity index (χ4v) is 25.4. The summed E-state index contributed by atoms with van der Waals surface area (Å²) in [6, 6.07) is 25.6. The summed E-state index contributed by atoms with van der Waals surface area (Å²) in [4.78, 5) is 0. The number of hydrogen-bond acceptors (Lipinski definition) is 0. The van der Waals surface area contributed by atoms with Gasteiger partial charge in [-0.2, -0.15) is 0 Å². The summed E-state index contributed by atoms with van der Waals surface area (Å²) in [5.41, 5.74) is 12.7. The molecule has 226 valence electrons. The quantitative estimate of drug-likeness (QED) is 0.178. The van der Waals surface area contributed by atoms with Crippen LogP contribution in [0.25, 0.3) is 11.1 Å². The maximum absolute atomic E-state index is 6.90. The fraction of sp³-hybridized carbons (Fsp3) is 0.310. The maximum atomic E-state index is 6.90. The van der Waals surface area contributed by atoms with Crippen molar-refractivity contribution in [1.82, 2.24) is 0 Å². The molecule has 6 rings (SSSR count). The van der Waals surface area contributed by atoms with Crippen molar-refractivity contribution < 1.29 is 18.3 Å². The van der Waals surface area contributed by atoms with Gasteiger partial charge in [0.05, 0.1) is 0 Å². The number of allylic oxidation sites excluding steroid dienone is 4. The molecule has 0 fully saturated rings. The van der Waals surface area contributed by atoms with E-state index in [1.54, 1.807) is 0 Å². The van der Waals surface area contributed by atoms with Gasteiger partial charge < -0.3 is 0 Å². The third-order valence-corrected chi connectivity index (χ3v) is 27.5. The molecule has 4 aromatic carbocycles. The topological polar surface area (TPSA) is 0 Å². The summed E-state index contributed by atoms with van der Waals surface area (Å²) in [6.45, 7) is 21.0. The van der Waals surface area contributed by atoms with E-state index in [0.717, 1.165) is 17.9 Å². The molecule has 0 saturated heterocycles. The van der Waals surface area contributed by atoms with Crippen LogP contribution in [0.1, 0.15) is 86.9 Å². The molecule has 0 unspecified atom stereocenters. The molecule has 0 aromatic heterocycles. The Morgan fingerprint density at radius 3 is 2.00 bits per heavy atom. The molecule has 0 aliphatic heterocycles. The second kappa shape index (κ2) is 10.5. The first kappa shape index (κ1) is 31.4. The van der Waals surface area contributed by atoms with Crippen LogP contribution in [-0.4, -0.2) is 4.21 Å². The second-order valence-corrected chi connectivity index (χ2v) is 28.9. The molecule has 0 radical (unpaired) electrons. The molecule has 2 aliphatic rings. The second-order valence-electron chi connectivity index (χ2n) is 15.6. The molecule has 0 spiro atoms. The number of fused-ring (bicyclic) bond motifs is 3. The number of aryl methyl sites for hydroxylation is 2. The van der Waals surface area contributed by atoms with Crippen LogP contribution in [-0.2, 0) is 35.5 Å². The molecule has 2 aliphatic carbocycles. The average Bonchev–Trinajstić information content (AvgIpc) is 3.60. The summed E-state index contributed by atoms with van der Waals surface area (Å²) in [6.07, 6.45) is 8.83. The van der Waals surface area contributed by atoms with E-state index in [9.17, 15) is 0 Å². The molecule has 0 N–H and O–H groups in total. The summed E-state index contributed by atoms with van der Waals surface area (Å²) in [7, 11) is 0. The monoisotopic (exact) mass is 676 g/mol. The Hall–Kier alpha value is -2.60. The first-order valence-electron chi connectivity index (χ1n) is 16.1. The third-order valence-electron chi connectivity index (χ3n) is 10.6. The van der Waals surface area contributed by atoms with E-state index in [-0.39, 0.29) is 10.8 Å². The van der Waals surface area contributed by atoms with Gasteiger partial charge in [0.15, 0.2) is 0 Å². The third kappa shape index (κ3) is 4.60. The van der Waals surface area contributed by atoms with E-state index in [4.69, 9.17) is 15.8 Å². The average molecular weight is 679 g/mol. The Kier molecular flexibility index (Phi) is 7.47. The van der Waals surface area contributed by atoms with E-state index in [2.05, 4.69) is 141 Å².